The Kier molecular flexibility index (Phi) is 6.44. The number of Topliss-reactive ketones (excluding diaryl/α,β-unsaturated/α-hetero) is 2. The average Bonchev–Trinajstić information content (AvgIpc) is 2.77. The Bertz CT molecular complexity index is 816. The van der Waals surface area contributed by atoms with Crippen molar-refractivity contribution in [1.82, 2.24) is 4.90 Å². The van der Waals surface area contributed by atoms with E-state index in [1.54, 1.807) is 67.7 Å². The molecule has 2 atom stereocenters. The Hall–Kier alpha value is -2.70. The minimum Gasteiger partial charge on any atom is -0.497 e. The standard InChI is InChI=1S/C22H25NO5/c1-27-17-9-5-15(6-10-17)21(25)19-4-3-13-23(14-24)20(19)22(26)16-7-11-18(28-2)12-8-16/h5-12,19-20,24H,3-4,13-14H2,1-2H3/t19-,20-/m0/s1. The van der Waals surface area contributed by atoms with Crippen LogP contribution in [0.4, 0.5) is 0 Å². The summed E-state index contributed by atoms with van der Waals surface area (Å²) in [5, 5.41) is 9.80. The van der Waals surface area contributed by atoms with Crippen LogP contribution in [0.3, 0.4) is 0 Å². The van der Waals surface area contributed by atoms with E-state index in [4.69, 9.17) is 9.47 Å². The number of rotatable bonds is 7. The third-order valence-corrected chi connectivity index (χ3v) is 5.27. The van der Waals surface area contributed by atoms with E-state index in [1.165, 1.54) is 0 Å². The molecule has 0 bridgehead atoms. The maximum atomic E-state index is 13.2. The number of ketones is 2. The van der Waals surface area contributed by atoms with Crippen LogP contribution in [-0.2, 0) is 0 Å². The Balaban J connectivity index is 1.90. The summed E-state index contributed by atoms with van der Waals surface area (Å²) in [7, 11) is 3.13. The van der Waals surface area contributed by atoms with Gasteiger partial charge in [-0.15, -0.1) is 0 Å². The number of hydrogen-bond donors (Lipinski definition) is 1. The summed E-state index contributed by atoms with van der Waals surface area (Å²) in [6.45, 7) is 0.314. The van der Waals surface area contributed by atoms with Crippen molar-refractivity contribution in [3.63, 3.8) is 0 Å². The predicted octanol–water partition coefficient (Wildman–Crippen LogP) is 2.80. The minimum absolute atomic E-state index is 0.0901. The lowest BCUT2D eigenvalue weighted by molar-refractivity contribution is 0.0172. The molecule has 148 valence electrons. The number of hydrogen-bond acceptors (Lipinski definition) is 6. The number of methoxy groups -OCH3 is 2. The summed E-state index contributed by atoms with van der Waals surface area (Å²) in [5.74, 6) is 0.563. The van der Waals surface area contributed by atoms with Crippen molar-refractivity contribution in [3.05, 3.63) is 59.7 Å². The highest BCUT2D eigenvalue weighted by atomic mass is 16.5. The first-order valence-electron chi connectivity index (χ1n) is 9.30. The van der Waals surface area contributed by atoms with E-state index >= 15 is 0 Å². The normalized spacial score (nSPS) is 19.8. The van der Waals surface area contributed by atoms with Gasteiger partial charge in [-0.3, -0.25) is 14.5 Å². The van der Waals surface area contributed by atoms with Gasteiger partial charge in [0, 0.05) is 23.6 Å². The van der Waals surface area contributed by atoms with Gasteiger partial charge >= 0.3 is 0 Å². The fourth-order valence-electron chi connectivity index (χ4n) is 3.74. The zero-order chi connectivity index (χ0) is 20.1. The van der Waals surface area contributed by atoms with Crippen LogP contribution in [0.2, 0.25) is 0 Å². The molecule has 6 nitrogen and oxygen atoms in total. The highest BCUT2D eigenvalue weighted by Crippen LogP contribution is 2.30. The van der Waals surface area contributed by atoms with Crippen LogP contribution < -0.4 is 9.47 Å². The molecule has 1 saturated heterocycles. The molecule has 0 unspecified atom stereocenters. The SMILES string of the molecule is COc1ccc(C(=O)[C@H]2CCCN(CO)[C@@H]2C(=O)c2ccc(OC)cc2)cc1. The first-order chi connectivity index (χ1) is 13.6. The molecule has 0 aliphatic carbocycles. The van der Waals surface area contributed by atoms with Crippen molar-refractivity contribution in [3.8, 4) is 11.5 Å². The van der Waals surface area contributed by atoms with Crippen molar-refractivity contribution < 1.29 is 24.2 Å². The number of carbonyl (C=O) groups excluding carboxylic acids is 2. The van der Waals surface area contributed by atoms with Crippen LogP contribution in [-0.4, -0.2) is 55.1 Å². The quantitative estimate of drug-likeness (QED) is 0.741. The van der Waals surface area contributed by atoms with E-state index in [9.17, 15) is 14.7 Å². The largest absolute Gasteiger partial charge is 0.497 e. The molecule has 1 fully saturated rings. The average molecular weight is 383 g/mol. The second-order valence-corrected chi connectivity index (χ2v) is 6.83. The number of aliphatic hydroxyl groups is 1. The molecule has 0 aromatic heterocycles. The van der Waals surface area contributed by atoms with E-state index in [1.807, 2.05) is 0 Å². The molecule has 28 heavy (non-hydrogen) atoms. The number of nitrogens with zero attached hydrogens (tertiary/aromatic N) is 1. The van der Waals surface area contributed by atoms with Crippen LogP contribution in [0.25, 0.3) is 0 Å². The van der Waals surface area contributed by atoms with Gasteiger partial charge in [-0.05, 0) is 61.4 Å². The van der Waals surface area contributed by atoms with Crippen molar-refractivity contribution in [2.45, 2.75) is 18.9 Å². The summed E-state index contributed by atoms with van der Waals surface area (Å²) in [4.78, 5) is 28.1. The van der Waals surface area contributed by atoms with Gasteiger partial charge in [0.2, 0.25) is 0 Å². The molecule has 0 amide bonds. The lowest BCUT2D eigenvalue weighted by atomic mass is 9.80. The topological polar surface area (TPSA) is 76.1 Å². The van der Waals surface area contributed by atoms with E-state index in [2.05, 4.69) is 0 Å². The lowest BCUT2D eigenvalue weighted by Gasteiger charge is -2.38. The Morgan fingerprint density at radius 1 is 0.929 bits per heavy atom. The third-order valence-electron chi connectivity index (χ3n) is 5.27. The summed E-state index contributed by atoms with van der Waals surface area (Å²) in [5.41, 5.74) is 1.04. The Morgan fingerprint density at radius 3 is 1.89 bits per heavy atom. The van der Waals surface area contributed by atoms with Gasteiger partial charge in [0.05, 0.1) is 27.0 Å². The van der Waals surface area contributed by atoms with Gasteiger partial charge in [-0.2, -0.15) is 0 Å². The number of ether oxygens (including phenoxy) is 2. The summed E-state index contributed by atoms with van der Waals surface area (Å²) < 4.78 is 10.3. The second-order valence-electron chi connectivity index (χ2n) is 6.83. The summed E-state index contributed by atoms with van der Waals surface area (Å²) >= 11 is 0. The number of carbonyl (C=O) groups is 2. The second kappa shape index (κ2) is 8.99. The summed E-state index contributed by atoms with van der Waals surface area (Å²) in [6.07, 6.45) is 1.35. The third kappa shape index (κ3) is 4.08. The minimum atomic E-state index is -0.693. The zero-order valence-electron chi connectivity index (χ0n) is 16.1. The number of likely N-dealkylation sites (tertiary alicyclic amines) is 1. The van der Waals surface area contributed by atoms with Gasteiger partial charge in [0.1, 0.15) is 11.5 Å². The Labute approximate surface area is 164 Å². The highest BCUT2D eigenvalue weighted by Gasteiger charge is 2.40. The molecule has 0 saturated carbocycles. The molecule has 0 spiro atoms. The van der Waals surface area contributed by atoms with Gasteiger partial charge in [0.25, 0.3) is 0 Å². The van der Waals surface area contributed by atoms with Crippen LogP contribution in [0.5, 0.6) is 11.5 Å². The molecule has 0 radical (unpaired) electrons. The van der Waals surface area contributed by atoms with Crippen LogP contribution in [0.15, 0.2) is 48.5 Å². The molecule has 1 N–H and O–H groups in total. The van der Waals surface area contributed by atoms with E-state index in [0.29, 0.717) is 35.6 Å². The maximum absolute atomic E-state index is 13.2. The first-order valence-corrected chi connectivity index (χ1v) is 9.30. The molecular formula is C22H25NO5. The highest BCUT2D eigenvalue weighted by molar-refractivity contribution is 6.07. The predicted molar refractivity (Wildman–Crippen MR) is 105 cm³/mol. The van der Waals surface area contributed by atoms with Gasteiger partial charge in [-0.25, -0.2) is 0 Å². The van der Waals surface area contributed by atoms with Gasteiger partial charge < -0.3 is 14.6 Å². The maximum Gasteiger partial charge on any atom is 0.180 e. The van der Waals surface area contributed by atoms with Gasteiger partial charge in [0.15, 0.2) is 11.6 Å². The van der Waals surface area contributed by atoms with Crippen LogP contribution in [0, 0.1) is 5.92 Å². The van der Waals surface area contributed by atoms with Crippen LogP contribution >= 0.6 is 0 Å². The Morgan fingerprint density at radius 2 is 1.43 bits per heavy atom. The van der Waals surface area contributed by atoms with Crippen molar-refractivity contribution in [2.75, 3.05) is 27.5 Å². The van der Waals surface area contributed by atoms with E-state index < -0.39 is 12.0 Å². The monoisotopic (exact) mass is 383 g/mol. The fourth-order valence-corrected chi connectivity index (χ4v) is 3.74. The van der Waals surface area contributed by atoms with Crippen molar-refractivity contribution in [1.29, 1.82) is 0 Å². The lowest BCUT2D eigenvalue weighted by Crippen LogP contribution is -2.52. The molecule has 1 heterocycles. The van der Waals surface area contributed by atoms with E-state index in [0.717, 1.165) is 6.42 Å². The van der Waals surface area contributed by atoms with E-state index in [-0.39, 0.29) is 18.3 Å². The van der Waals surface area contributed by atoms with Gasteiger partial charge in [-0.1, -0.05) is 0 Å². The number of benzene rings is 2. The van der Waals surface area contributed by atoms with Crippen molar-refractivity contribution in [2.24, 2.45) is 5.92 Å². The first kappa shape index (κ1) is 20.0. The van der Waals surface area contributed by atoms with Crippen molar-refractivity contribution >= 4 is 11.6 Å². The molecule has 1 aliphatic heterocycles. The summed E-state index contributed by atoms with van der Waals surface area (Å²) in [6, 6.07) is 13.0. The van der Waals surface area contributed by atoms with Crippen LogP contribution in [0.1, 0.15) is 33.6 Å². The molecule has 1 aliphatic rings. The molecule has 2 aromatic carbocycles. The molecule has 3 rings (SSSR count). The zero-order valence-corrected chi connectivity index (χ0v) is 16.1. The molecular weight excluding hydrogens is 358 g/mol. The smallest absolute Gasteiger partial charge is 0.180 e. The fraction of sp³-hybridized carbons (Fsp3) is 0.364. The number of piperidine rings is 1. The molecule has 6 heteroatoms. The number of aliphatic hydroxyl groups excluding tert-OH is 1. The molecule has 2 aromatic rings.